The van der Waals surface area contributed by atoms with Crippen LogP contribution in [0.5, 0.6) is 0 Å². The largest absolute Gasteiger partial charge is 0.357 e. The minimum Gasteiger partial charge on any atom is -0.357 e. The molecule has 1 aliphatic heterocycles. The van der Waals surface area contributed by atoms with Crippen LogP contribution >= 0.6 is 24.0 Å². The Kier molecular flexibility index (Phi) is 8.96. The number of guanidine groups is 1. The fourth-order valence-corrected chi connectivity index (χ4v) is 5.45. The average molecular weight is 530 g/mol. The fraction of sp³-hybridized carbons (Fsp3) is 0.562. The zero-order valence-corrected chi connectivity index (χ0v) is 19.6. The highest BCUT2D eigenvalue weighted by Crippen LogP contribution is 2.19. The molecule has 154 valence electrons. The van der Waals surface area contributed by atoms with E-state index < -0.39 is 19.9 Å². The highest BCUT2D eigenvalue weighted by atomic mass is 127. The Labute approximate surface area is 178 Å². The Morgan fingerprint density at radius 1 is 1.30 bits per heavy atom. The van der Waals surface area contributed by atoms with Gasteiger partial charge in [0.15, 0.2) is 15.8 Å². The van der Waals surface area contributed by atoms with Crippen LogP contribution in [0.3, 0.4) is 0 Å². The molecule has 0 amide bonds. The van der Waals surface area contributed by atoms with Crippen LogP contribution in [0.4, 0.5) is 0 Å². The van der Waals surface area contributed by atoms with E-state index in [1.807, 2.05) is 6.92 Å². The van der Waals surface area contributed by atoms with E-state index in [1.165, 1.54) is 18.4 Å². The summed E-state index contributed by atoms with van der Waals surface area (Å²) in [6.45, 7) is 2.69. The molecule has 27 heavy (non-hydrogen) atoms. The van der Waals surface area contributed by atoms with E-state index in [4.69, 9.17) is 0 Å². The van der Waals surface area contributed by atoms with Crippen LogP contribution in [-0.4, -0.2) is 65.3 Å². The first-order valence-electron chi connectivity index (χ1n) is 8.41. The van der Waals surface area contributed by atoms with Gasteiger partial charge in [-0.15, -0.1) is 24.0 Å². The van der Waals surface area contributed by atoms with Crippen molar-refractivity contribution in [3.8, 4) is 0 Å². The van der Waals surface area contributed by atoms with Crippen molar-refractivity contribution in [1.82, 2.24) is 14.9 Å². The van der Waals surface area contributed by atoms with Crippen molar-refractivity contribution in [3.05, 3.63) is 29.8 Å². The lowest BCUT2D eigenvalue weighted by molar-refractivity contribution is 0.519. The molecule has 2 rings (SSSR count). The number of aliphatic imine (C=N–C) groups is 1. The number of nitrogens with zero attached hydrogens (tertiary/aromatic N) is 2. The summed E-state index contributed by atoms with van der Waals surface area (Å²) in [7, 11) is -3.58. The van der Waals surface area contributed by atoms with Crippen LogP contribution in [0.1, 0.15) is 18.9 Å². The van der Waals surface area contributed by atoms with Crippen LogP contribution in [0, 0.1) is 0 Å². The molecule has 8 nitrogen and oxygen atoms in total. The Balaban J connectivity index is 0.00000364. The van der Waals surface area contributed by atoms with Crippen molar-refractivity contribution in [2.45, 2.75) is 30.8 Å². The van der Waals surface area contributed by atoms with E-state index in [0.29, 0.717) is 24.5 Å². The summed E-state index contributed by atoms with van der Waals surface area (Å²) in [5, 5.41) is 6.20. The minimum absolute atomic E-state index is 0. The highest BCUT2D eigenvalue weighted by Gasteiger charge is 2.28. The van der Waals surface area contributed by atoms with Gasteiger partial charge in [-0.3, -0.25) is 0 Å². The van der Waals surface area contributed by atoms with Gasteiger partial charge in [0.05, 0.1) is 22.9 Å². The molecular formula is C16H27IN4O4S2. The zero-order valence-electron chi connectivity index (χ0n) is 15.7. The third-order valence-corrected chi connectivity index (χ3v) is 7.74. The third kappa shape index (κ3) is 6.57. The molecule has 0 saturated carbocycles. The van der Waals surface area contributed by atoms with Crippen LogP contribution in [-0.2, 0) is 26.4 Å². The highest BCUT2D eigenvalue weighted by molar-refractivity contribution is 14.0. The number of hydrogen-bond acceptors (Lipinski definition) is 5. The lowest BCUT2D eigenvalue weighted by Crippen LogP contribution is -2.44. The van der Waals surface area contributed by atoms with Crippen molar-refractivity contribution >= 4 is 49.8 Å². The number of hydrogen-bond donors (Lipinski definition) is 2. The molecule has 0 aromatic heterocycles. The Morgan fingerprint density at radius 2 is 1.96 bits per heavy atom. The van der Waals surface area contributed by atoms with Crippen LogP contribution in [0.2, 0.25) is 0 Å². The van der Waals surface area contributed by atoms with E-state index in [1.54, 1.807) is 24.3 Å². The molecule has 1 saturated heterocycles. The Bertz CT molecular complexity index is 870. The van der Waals surface area contributed by atoms with Gasteiger partial charge in [-0.1, -0.05) is 18.2 Å². The fourth-order valence-electron chi connectivity index (χ4n) is 2.67. The second-order valence-corrected chi connectivity index (χ2v) is 10.7. The average Bonchev–Trinajstić information content (AvgIpc) is 2.91. The lowest BCUT2D eigenvalue weighted by Gasteiger charge is -2.17. The van der Waals surface area contributed by atoms with Gasteiger partial charge in [-0.25, -0.2) is 26.1 Å². The van der Waals surface area contributed by atoms with E-state index in [2.05, 4.69) is 15.6 Å². The number of nitrogens with one attached hydrogen (secondary N) is 2. The molecule has 1 atom stereocenters. The maximum absolute atomic E-state index is 12.5. The predicted octanol–water partition coefficient (Wildman–Crippen LogP) is 0.797. The molecule has 1 heterocycles. The molecule has 11 heteroatoms. The zero-order chi connectivity index (χ0) is 19.4. The van der Waals surface area contributed by atoms with Crippen molar-refractivity contribution in [2.75, 3.05) is 32.1 Å². The monoisotopic (exact) mass is 530 g/mol. The molecule has 0 bridgehead atoms. The first kappa shape index (κ1) is 24.1. The predicted molar refractivity (Wildman–Crippen MR) is 118 cm³/mol. The molecule has 1 unspecified atom stereocenters. The van der Waals surface area contributed by atoms with Crippen LogP contribution in [0.25, 0.3) is 0 Å². The quantitative estimate of drug-likeness (QED) is 0.320. The maximum Gasteiger partial charge on any atom is 0.242 e. The second-order valence-electron chi connectivity index (χ2n) is 6.33. The normalized spacial score (nSPS) is 19.6. The second kappa shape index (κ2) is 10.0. The van der Waals surface area contributed by atoms with E-state index in [-0.39, 0.29) is 53.0 Å². The summed E-state index contributed by atoms with van der Waals surface area (Å²) in [5.74, 6) is 0.739. The number of halogens is 1. The van der Waals surface area contributed by atoms with Crippen molar-refractivity contribution < 1.29 is 16.8 Å². The molecular weight excluding hydrogens is 503 g/mol. The van der Waals surface area contributed by atoms with Gasteiger partial charge in [0, 0.05) is 26.7 Å². The number of benzene rings is 1. The lowest BCUT2D eigenvalue weighted by atomic mass is 10.2. The molecule has 0 aliphatic carbocycles. The standard InChI is InChI=1S/C16H26N4O4S2.HI/c1-4-17-16(19-14-9-10-25(21,22)12-14)18-11-13-7-5-6-8-15(13)26(23,24)20(2)3;/h5-8,14H,4,9-12H2,1-3H3,(H2,17,18,19);1H. The van der Waals surface area contributed by atoms with Gasteiger partial charge in [0.1, 0.15) is 0 Å². The number of sulfonamides is 1. The minimum atomic E-state index is -3.56. The Morgan fingerprint density at radius 3 is 2.52 bits per heavy atom. The summed E-state index contributed by atoms with van der Waals surface area (Å²) in [6.07, 6.45) is 0.540. The van der Waals surface area contributed by atoms with Crippen molar-refractivity contribution in [1.29, 1.82) is 0 Å². The number of sulfone groups is 1. The van der Waals surface area contributed by atoms with Gasteiger partial charge in [0.2, 0.25) is 10.0 Å². The van der Waals surface area contributed by atoms with Gasteiger partial charge in [-0.05, 0) is 25.0 Å². The van der Waals surface area contributed by atoms with Crippen LogP contribution in [0.15, 0.2) is 34.2 Å². The van der Waals surface area contributed by atoms with E-state index in [0.717, 1.165) is 0 Å². The van der Waals surface area contributed by atoms with Gasteiger partial charge in [-0.2, -0.15) is 0 Å². The molecule has 1 fully saturated rings. The van der Waals surface area contributed by atoms with Crippen molar-refractivity contribution in [3.63, 3.8) is 0 Å². The maximum atomic E-state index is 12.5. The van der Waals surface area contributed by atoms with Crippen LogP contribution < -0.4 is 10.6 Å². The molecule has 1 aromatic carbocycles. The summed E-state index contributed by atoms with van der Waals surface area (Å²) in [4.78, 5) is 4.66. The first-order chi connectivity index (χ1) is 12.2. The first-order valence-corrected chi connectivity index (χ1v) is 11.7. The molecule has 1 aromatic rings. The summed E-state index contributed by atoms with van der Waals surface area (Å²) in [5.41, 5.74) is 0.581. The molecule has 1 aliphatic rings. The van der Waals surface area contributed by atoms with Gasteiger partial charge < -0.3 is 10.6 Å². The smallest absolute Gasteiger partial charge is 0.242 e. The number of rotatable bonds is 6. The Hall–Kier alpha value is -0.920. The topological polar surface area (TPSA) is 108 Å². The molecule has 0 radical (unpaired) electrons. The third-order valence-electron chi connectivity index (χ3n) is 4.06. The molecule has 0 spiro atoms. The van der Waals surface area contributed by atoms with E-state index >= 15 is 0 Å². The van der Waals surface area contributed by atoms with Gasteiger partial charge >= 0.3 is 0 Å². The summed E-state index contributed by atoms with van der Waals surface area (Å²) < 4.78 is 49.3. The summed E-state index contributed by atoms with van der Waals surface area (Å²) >= 11 is 0. The van der Waals surface area contributed by atoms with Crippen molar-refractivity contribution in [2.24, 2.45) is 4.99 Å². The van der Waals surface area contributed by atoms with E-state index in [9.17, 15) is 16.8 Å². The summed E-state index contributed by atoms with van der Waals surface area (Å²) in [6, 6.07) is 6.55. The molecule has 2 N–H and O–H groups in total. The SMILES string of the molecule is CCNC(=NCc1ccccc1S(=O)(=O)N(C)C)NC1CCS(=O)(=O)C1.I. The van der Waals surface area contributed by atoms with Gasteiger partial charge in [0.25, 0.3) is 0 Å².